The molecule has 124 valence electrons. The van der Waals surface area contributed by atoms with Crippen molar-refractivity contribution in [3.05, 3.63) is 75.9 Å². The van der Waals surface area contributed by atoms with Crippen LogP contribution in [0.4, 0.5) is 0 Å². The minimum absolute atomic E-state index is 0.138. The molecule has 1 unspecified atom stereocenters. The van der Waals surface area contributed by atoms with Crippen molar-refractivity contribution in [1.82, 2.24) is 4.98 Å². The number of hydrogen-bond donors (Lipinski definition) is 2. The van der Waals surface area contributed by atoms with Gasteiger partial charge in [0, 0.05) is 18.7 Å². The molecule has 0 spiro atoms. The van der Waals surface area contributed by atoms with Gasteiger partial charge in [-0.1, -0.05) is 35.9 Å². The van der Waals surface area contributed by atoms with Gasteiger partial charge in [0.15, 0.2) is 0 Å². The predicted octanol–water partition coefficient (Wildman–Crippen LogP) is 3.61. The van der Waals surface area contributed by atoms with Gasteiger partial charge in [0.25, 0.3) is 0 Å². The molecule has 0 radical (unpaired) electrons. The number of aromatic nitrogens is 1. The minimum Gasteiger partial charge on any atom is -0.392 e. The Hall–Kier alpha value is -1.98. The lowest BCUT2D eigenvalue weighted by Gasteiger charge is -2.17. The van der Waals surface area contributed by atoms with Crippen molar-refractivity contribution < 1.29 is 14.9 Å². The van der Waals surface area contributed by atoms with Gasteiger partial charge in [-0.25, -0.2) is 0 Å². The lowest BCUT2D eigenvalue weighted by molar-refractivity contribution is 0.183. The van der Waals surface area contributed by atoms with Crippen molar-refractivity contribution in [2.75, 3.05) is 7.11 Å². The molecule has 1 heterocycles. The molecule has 0 aliphatic carbocycles. The van der Waals surface area contributed by atoms with Gasteiger partial charge in [0.2, 0.25) is 0 Å². The fourth-order valence-corrected chi connectivity index (χ4v) is 2.94. The first-order valence-electron chi connectivity index (χ1n) is 7.57. The standard InChI is InChI=1S/C19H18ClNO3/c1-24-11-12-2-3-14(10-22)17(6-12)19(23)13-4-5-18-15(7-13)8-16(20)9-21-18/h2-9,19,22-23H,10-11H2,1H3. The van der Waals surface area contributed by atoms with Crippen LogP contribution in [0.1, 0.15) is 28.4 Å². The summed E-state index contributed by atoms with van der Waals surface area (Å²) in [6.07, 6.45) is 0.741. The first-order chi connectivity index (χ1) is 11.6. The van der Waals surface area contributed by atoms with Gasteiger partial charge < -0.3 is 14.9 Å². The van der Waals surface area contributed by atoms with Crippen LogP contribution in [-0.2, 0) is 18.0 Å². The maximum Gasteiger partial charge on any atom is 0.104 e. The first-order valence-corrected chi connectivity index (χ1v) is 7.95. The fourth-order valence-electron chi connectivity index (χ4n) is 2.77. The molecule has 0 saturated carbocycles. The zero-order valence-corrected chi connectivity index (χ0v) is 14.0. The van der Waals surface area contributed by atoms with Crippen LogP contribution >= 0.6 is 11.6 Å². The summed E-state index contributed by atoms with van der Waals surface area (Å²) in [7, 11) is 1.62. The van der Waals surface area contributed by atoms with Gasteiger partial charge in [0.05, 0.1) is 23.8 Å². The topological polar surface area (TPSA) is 62.6 Å². The van der Waals surface area contributed by atoms with E-state index < -0.39 is 6.10 Å². The third kappa shape index (κ3) is 3.42. The van der Waals surface area contributed by atoms with Gasteiger partial charge in [-0.15, -0.1) is 0 Å². The summed E-state index contributed by atoms with van der Waals surface area (Å²) in [5.74, 6) is 0. The minimum atomic E-state index is -0.854. The van der Waals surface area contributed by atoms with E-state index in [9.17, 15) is 10.2 Å². The molecular formula is C19H18ClNO3. The Balaban J connectivity index is 2.04. The van der Waals surface area contributed by atoms with E-state index in [1.165, 1.54) is 0 Å². The highest BCUT2D eigenvalue weighted by Crippen LogP contribution is 2.29. The van der Waals surface area contributed by atoms with Crippen LogP contribution in [0.25, 0.3) is 10.9 Å². The summed E-state index contributed by atoms with van der Waals surface area (Å²) in [5.41, 5.74) is 3.82. The van der Waals surface area contributed by atoms with Crippen LogP contribution in [0.5, 0.6) is 0 Å². The number of aliphatic hydroxyl groups is 2. The average molecular weight is 344 g/mol. The summed E-state index contributed by atoms with van der Waals surface area (Å²) in [4.78, 5) is 4.26. The molecule has 2 N–H and O–H groups in total. The van der Waals surface area contributed by atoms with Gasteiger partial charge in [0.1, 0.15) is 6.10 Å². The summed E-state index contributed by atoms with van der Waals surface area (Å²) in [6, 6.07) is 12.9. The lowest BCUT2D eigenvalue weighted by atomic mass is 9.94. The smallest absolute Gasteiger partial charge is 0.104 e. The van der Waals surface area contributed by atoms with E-state index in [2.05, 4.69) is 4.98 Å². The molecule has 0 fully saturated rings. The molecule has 0 bridgehead atoms. The van der Waals surface area contributed by atoms with Crippen LogP contribution < -0.4 is 0 Å². The van der Waals surface area contributed by atoms with Crippen molar-refractivity contribution in [2.45, 2.75) is 19.3 Å². The monoisotopic (exact) mass is 343 g/mol. The molecule has 3 rings (SSSR count). The van der Waals surface area contributed by atoms with Crippen molar-refractivity contribution in [1.29, 1.82) is 0 Å². The van der Waals surface area contributed by atoms with E-state index in [1.54, 1.807) is 13.3 Å². The van der Waals surface area contributed by atoms with Crippen LogP contribution in [0.15, 0.2) is 48.7 Å². The second kappa shape index (κ2) is 7.28. The number of pyridine rings is 1. The van der Waals surface area contributed by atoms with Crippen LogP contribution in [0, 0.1) is 0 Å². The zero-order chi connectivity index (χ0) is 17.1. The van der Waals surface area contributed by atoms with E-state index in [1.807, 2.05) is 42.5 Å². The molecule has 4 nitrogen and oxygen atoms in total. The number of fused-ring (bicyclic) bond motifs is 1. The van der Waals surface area contributed by atoms with Crippen LogP contribution in [0.2, 0.25) is 5.02 Å². The lowest BCUT2D eigenvalue weighted by Crippen LogP contribution is -2.05. The fraction of sp³-hybridized carbons (Fsp3) is 0.211. The van der Waals surface area contributed by atoms with Gasteiger partial charge in [-0.3, -0.25) is 4.98 Å². The number of halogens is 1. The second-order valence-corrected chi connectivity index (χ2v) is 6.07. The second-order valence-electron chi connectivity index (χ2n) is 5.63. The number of benzene rings is 2. The molecule has 1 atom stereocenters. The van der Waals surface area contributed by atoms with Crippen molar-refractivity contribution in [2.24, 2.45) is 0 Å². The van der Waals surface area contributed by atoms with Crippen LogP contribution in [-0.4, -0.2) is 22.3 Å². The average Bonchev–Trinajstić information content (AvgIpc) is 2.60. The largest absolute Gasteiger partial charge is 0.392 e. The van der Waals surface area contributed by atoms with E-state index in [4.69, 9.17) is 16.3 Å². The molecule has 0 amide bonds. The van der Waals surface area contributed by atoms with E-state index >= 15 is 0 Å². The number of methoxy groups -OCH3 is 1. The van der Waals surface area contributed by atoms with Crippen molar-refractivity contribution in [3.8, 4) is 0 Å². The highest BCUT2D eigenvalue weighted by atomic mass is 35.5. The molecule has 0 saturated heterocycles. The Bertz CT molecular complexity index is 866. The van der Waals surface area contributed by atoms with E-state index in [0.29, 0.717) is 22.8 Å². The number of ether oxygens (including phenoxy) is 1. The molecule has 3 aromatic rings. The maximum absolute atomic E-state index is 10.8. The molecule has 0 aliphatic rings. The number of nitrogens with zero attached hydrogens (tertiary/aromatic N) is 1. The van der Waals surface area contributed by atoms with Gasteiger partial charge >= 0.3 is 0 Å². The van der Waals surface area contributed by atoms with Crippen LogP contribution in [0.3, 0.4) is 0 Å². The summed E-state index contributed by atoms with van der Waals surface area (Å²) in [6.45, 7) is 0.309. The van der Waals surface area contributed by atoms with Crippen molar-refractivity contribution in [3.63, 3.8) is 0 Å². The molecular weight excluding hydrogens is 326 g/mol. The SMILES string of the molecule is COCc1ccc(CO)c(C(O)c2ccc3ncc(Cl)cc3c2)c1. The summed E-state index contributed by atoms with van der Waals surface area (Å²) in [5, 5.41) is 21.8. The van der Waals surface area contributed by atoms with E-state index in [0.717, 1.165) is 22.0 Å². The summed E-state index contributed by atoms with van der Waals surface area (Å²) < 4.78 is 5.15. The number of aliphatic hydroxyl groups excluding tert-OH is 2. The number of hydrogen-bond acceptors (Lipinski definition) is 4. The molecule has 1 aromatic heterocycles. The molecule has 0 aliphatic heterocycles. The summed E-state index contributed by atoms with van der Waals surface area (Å²) >= 11 is 6.00. The third-order valence-electron chi connectivity index (χ3n) is 3.97. The first kappa shape index (κ1) is 16.9. The highest BCUT2D eigenvalue weighted by Gasteiger charge is 2.16. The quantitative estimate of drug-likeness (QED) is 0.743. The molecule has 5 heteroatoms. The van der Waals surface area contributed by atoms with Gasteiger partial charge in [-0.2, -0.15) is 0 Å². The Morgan fingerprint density at radius 3 is 2.75 bits per heavy atom. The maximum atomic E-state index is 10.8. The van der Waals surface area contributed by atoms with Gasteiger partial charge in [-0.05, 0) is 40.5 Å². The van der Waals surface area contributed by atoms with Crippen molar-refractivity contribution >= 4 is 22.5 Å². The third-order valence-corrected chi connectivity index (χ3v) is 4.18. The Kier molecular flexibility index (Phi) is 5.11. The molecule has 24 heavy (non-hydrogen) atoms. The highest BCUT2D eigenvalue weighted by molar-refractivity contribution is 6.31. The normalized spacial score (nSPS) is 12.5. The van der Waals surface area contributed by atoms with E-state index in [-0.39, 0.29) is 6.61 Å². The predicted molar refractivity (Wildman–Crippen MR) is 93.9 cm³/mol. The Morgan fingerprint density at radius 1 is 1.17 bits per heavy atom. The Labute approximate surface area is 145 Å². The zero-order valence-electron chi connectivity index (χ0n) is 13.2. The number of rotatable bonds is 5. The molecule has 2 aromatic carbocycles. The Morgan fingerprint density at radius 2 is 2.00 bits per heavy atom.